The van der Waals surface area contributed by atoms with Crippen LogP contribution >= 0.6 is 0 Å². The van der Waals surface area contributed by atoms with E-state index in [4.69, 9.17) is 10.2 Å². The number of carboxylic acid groups (broad SMARTS) is 2. The molecule has 19 heavy (non-hydrogen) atoms. The van der Waals surface area contributed by atoms with Crippen molar-refractivity contribution in [2.75, 3.05) is 0 Å². The van der Waals surface area contributed by atoms with Gasteiger partial charge < -0.3 is 15.3 Å². The number of aliphatic hydroxyl groups excluding tert-OH is 1. The van der Waals surface area contributed by atoms with Crippen molar-refractivity contribution in [1.29, 1.82) is 0 Å². The molecular formula is C14H22O5. The first-order chi connectivity index (χ1) is 8.99. The van der Waals surface area contributed by atoms with Crippen LogP contribution in [0.2, 0.25) is 0 Å². The van der Waals surface area contributed by atoms with Gasteiger partial charge >= 0.3 is 11.9 Å². The maximum atomic E-state index is 10.8. The van der Waals surface area contributed by atoms with E-state index < -0.39 is 23.3 Å². The van der Waals surface area contributed by atoms with E-state index >= 15 is 0 Å². The van der Waals surface area contributed by atoms with Gasteiger partial charge in [-0.3, -0.25) is 0 Å². The summed E-state index contributed by atoms with van der Waals surface area (Å²) in [5.74, 6) is -3.32. The van der Waals surface area contributed by atoms with E-state index in [0.29, 0.717) is 12.5 Å². The summed E-state index contributed by atoms with van der Waals surface area (Å²) >= 11 is 0. The summed E-state index contributed by atoms with van der Waals surface area (Å²) in [6, 6.07) is 0. The number of hydrogen-bond donors (Lipinski definition) is 3. The monoisotopic (exact) mass is 270 g/mol. The first-order valence-electron chi connectivity index (χ1n) is 6.56. The number of carboxylic acids is 2. The molecule has 0 unspecified atom stereocenters. The lowest BCUT2D eigenvalue weighted by Gasteiger charge is -2.01. The van der Waals surface area contributed by atoms with Crippen molar-refractivity contribution in [3.05, 3.63) is 23.5 Å². The van der Waals surface area contributed by atoms with E-state index in [-0.39, 0.29) is 0 Å². The molecule has 0 radical (unpaired) electrons. The Morgan fingerprint density at radius 3 is 2.05 bits per heavy atom. The lowest BCUT2D eigenvalue weighted by atomic mass is 10.1. The fraction of sp³-hybridized carbons (Fsp3) is 0.571. The molecule has 0 atom stereocenters. The predicted octanol–water partition coefficient (Wildman–Crippen LogP) is 3.27. The molecule has 0 spiro atoms. The van der Waals surface area contributed by atoms with Gasteiger partial charge in [-0.1, -0.05) is 39.0 Å². The number of rotatable bonds is 10. The molecule has 0 aromatic heterocycles. The Kier molecular flexibility index (Phi) is 9.22. The van der Waals surface area contributed by atoms with Crippen LogP contribution in [0.1, 0.15) is 51.9 Å². The number of unbranched alkanes of at least 4 members (excludes halogenated alkanes) is 6. The van der Waals surface area contributed by atoms with E-state index in [9.17, 15) is 14.7 Å². The molecule has 5 heteroatoms. The van der Waals surface area contributed by atoms with Crippen molar-refractivity contribution >= 4 is 11.9 Å². The molecule has 108 valence electrons. The van der Waals surface area contributed by atoms with E-state index in [0.717, 1.165) is 19.3 Å². The molecule has 3 N–H and O–H groups in total. The standard InChI is InChI=1S/C14H22O5/c1-2-3-4-5-6-7-8-9-12(15)11(14(18)19)10-13(16)17/h9-10,15H,2-8H2,1H3,(H,16,17)(H,18,19)/b11-10-,12-9?. The minimum atomic E-state index is -1.45. The first kappa shape index (κ1) is 17.2. The highest BCUT2D eigenvalue weighted by atomic mass is 16.4. The summed E-state index contributed by atoms with van der Waals surface area (Å²) in [5, 5.41) is 26.8. The molecule has 0 aliphatic carbocycles. The fourth-order valence-corrected chi connectivity index (χ4v) is 1.64. The second-order valence-corrected chi connectivity index (χ2v) is 4.35. The highest BCUT2D eigenvalue weighted by Crippen LogP contribution is 2.12. The third-order valence-electron chi connectivity index (χ3n) is 2.67. The van der Waals surface area contributed by atoms with Crippen LogP contribution < -0.4 is 0 Å². The van der Waals surface area contributed by atoms with Crippen molar-refractivity contribution in [3.63, 3.8) is 0 Å². The zero-order valence-electron chi connectivity index (χ0n) is 11.3. The van der Waals surface area contributed by atoms with Gasteiger partial charge in [-0.25, -0.2) is 9.59 Å². The Morgan fingerprint density at radius 1 is 0.947 bits per heavy atom. The maximum Gasteiger partial charge on any atom is 0.339 e. The van der Waals surface area contributed by atoms with Crippen molar-refractivity contribution in [2.24, 2.45) is 0 Å². The van der Waals surface area contributed by atoms with Gasteiger partial charge in [-0.15, -0.1) is 0 Å². The summed E-state index contributed by atoms with van der Waals surface area (Å²) in [4.78, 5) is 21.2. The number of allylic oxidation sites excluding steroid dienone is 1. The quantitative estimate of drug-likeness (QED) is 0.245. The van der Waals surface area contributed by atoms with Crippen molar-refractivity contribution in [2.45, 2.75) is 51.9 Å². The van der Waals surface area contributed by atoms with E-state index in [1.807, 2.05) is 0 Å². The van der Waals surface area contributed by atoms with Gasteiger partial charge in [0.25, 0.3) is 0 Å². The Balaban J connectivity index is 4.16. The second-order valence-electron chi connectivity index (χ2n) is 4.35. The van der Waals surface area contributed by atoms with Gasteiger partial charge in [0.15, 0.2) is 0 Å². The molecule has 0 saturated heterocycles. The average molecular weight is 270 g/mol. The molecule has 0 aliphatic rings. The Labute approximate surface area is 113 Å². The summed E-state index contributed by atoms with van der Waals surface area (Å²) in [6.07, 6.45) is 8.99. The lowest BCUT2D eigenvalue weighted by molar-refractivity contribution is -0.135. The zero-order valence-corrected chi connectivity index (χ0v) is 11.3. The van der Waals surface area contributed by atoms with Crippen LogP contribution in [0.5, 0.6) is 0 Å². The highest BCUT2D eigenvalue weighted by Gasteiger charge is 2.13. The van der Waals surface area contributed by atoms with Gasteiger partial charge in [0.05, 0.1) is 0 Å². The number of hydrogen-bond acceptors (Lipinski definition) is 3. The van der Waals surface area contributed by atoms with Crippen LogP contribution in [0.3, 0.4) is 0 Å². The normalized spacial score (nSPS) is 12.5. The van der Waals surface area contributed by atoms with Gasteiger partial charge in [-0.05, 0) is 18.9 Å². The molecule has 0 rings (SSSR count). The second kappa shape index (κ2) is 10.2. The van der Waals surface area contributed by atoms with Crippen LogP contribution in [0, 0.1) is 0 Å². The van der Waals surface area contributed by atoms with Crippen molar-refractivity contribution in [3.8, 4) is 0 Å². The van der Waals surface area contributed by atoms with Gasteiger partial charge in [0, 0.05) is 6.08 Å². The third kappa shape index (κ3) is 8.88. The molecular weight excluding hydrogens is 248 g/mol. The Hall–Kier alpha value is -1.78. The van der Waals surface area contributed by atoms with Gasteiger partial charge in [-0.2, -0.15) is 0 Å². The predicted molar refractivity (Wildman–Crippen MR) is 72.1 cm³/mol. The zero-order chi connectivity index (χ0) is 14.7. The molecule has 0 saturated carbocycles. The molecule has 0 aromatic carbocycles. The summed E-state index contributed by atoms with van der Waals surface area (Å²) in [6.45, 7) is 2.14. The minimum absolute atomic E-state index is 0.483. The van der Waals surface area contributed by atoms with Crippen LogP contribution in [-0.4, -0.2) is 27.3 Å². The van der Waals surface area contributed by atoms with Crippen molar-refractivity contribution in [1.82, 2.24) is 0 Å². The van der Waals surface area contributed by atoms with Crippen molar-refractivity contribution < 1.29 is 24.9 Å². The molecule has 0 aromatic rings. The van der Waals surface area contributed by atoms with Crippen LogP contribution in [-0.2, 0) is 9.59 Å². The number of aliphatic carboxylic acids is 2. The first-order valence-corrected chi connectivity index (χ1v) is 6.56. The molecule has 0 fully saturated rings. The van der Waals surface area contributed by atoms with Crippen LogP contribution in [0.25, 0.3) is 0 Å². The highest BCUT2D eigenvalue weighted by molar-refractivity contribution is 5.97. The van der Waals surface area contributed by atoms with E-state index in [1.165, 1.54) is 25.3 Å². The SMILES string of the molecule is CCCCCCCCC=C(O)/C(=C/C(=O)O)C(=O)O. The van der Waals surface area contributed by atoms with Crippen LogP contribution in [0.4, 0.5) is 0 Å². The smallest absolute Gasteiger partial charge is 0.339 e. The van der Waals surface area contributed by atoms with E-state index in [2.05, 4.69) is 6.92 Å². The van der Waals surface area contributed by atoms with Gasteiger partial charge in [0.2, 0.25) is 0 Å². The summed E-state index contributed by atoms with van der Waals surface area (Å²) in [5.41, 5.74) is -0.585. The largest absolute Gasteiger partial charge is 0.507 e. The minimum Gasteiger partial charge on any atom is -0.507 e. The molecule has 5 nitrogen and oxygen atoms in total. The summed E-state index contributed by atoms with van der Waals surface area (Å²) < 4.78 is 0. The number of aliphatic hydroxyl groups is 1. The Bertz CT molecular complexity index is 355. The molecule has 0 aliphatic heterocycles. The maximum absolute atomic E-state index is 10.8. The van der Waals surface area contributed by atoms with Crippen LogP contribution in [0.15, 0.2) is 23.5 Å². The number of carbonyl (C=O) groups is 2. The van der Waals surface area contributed by atoms with Gasteiger partial charge in [0.1, 0.15) is 11.3 Å². The average Bonchev–Trinajstić information content (AvgIpc) is 2.34. The molecule has 0 heterocycles. The lowest BCUT2D eigenvalue weighted by Crippen LogP contribution is -2.06. The topological polar surface area (TPSA) is 94.8 Å². The third-order valence-corrected chi connectivity index (χ3v) is 2.67. The Morgan fingerprint density at radius 2 is 1.53 bits per heavy atom. The molecule has 0 bridgehead atoms. The fourth-order valence-electron chi connectivity index (χ4n) is 1.64. The van der Waals surface area contributed by atoms with E-state index in [1.54, 1.807) is 0 Å². The molecule has 0 amide bonds. The summed E-state index contributed by atoms with van der Waals surface area (Å²) in [7, 11) is 0.